The summed E-state index contributed by atoms with van der Waals surface area (Å²) in [6, 6.07) is 10.2. The van der Waals surface area contributed by atoms with Gasteiger partial charge in [0.25, 0.3) is 0 Å². The largest absolute Gasteiger partial charge is 0.444 e. The van der Waals surface area contributed by atoms with Crippen molar-refractivity contribution < 1.29 is 9.53 Å². The Morgan fingerprint density at radius 2 is 1.92 bits per heavy atom. The molecule has 1 aromatic carbocycles. The maximum atomic E-state index is 12.0. The highest BCUT2D eigenvalue weighted by atomic mass is 127. The molecule has 1 rings (SSSR count). The van der Waals surface area contributed by atoms with Crippen LogP contribution in [0.4, 0.5) is 4.79 Å². The van der Waals surface area contributed by atoms with Crippen LogP contribution in [0.15, 0.2) is 35.3 Å². The number of nitrogens with zero attached hydrogens (tertiary/aromatic N) is 2. The molecule has 0 aliphatic carbocycles. The highest BCUT2D eigenvalue weighted by molar-refractivity contribution is 14.0. The van der Waals surface area contributed by atoms with Crippen molar-refractivity contribution in [2.75, 3.05) is 26.2 Å². The summed E-state index contributed by atoms with van der Waals surface area (Å²) < 4.78 is 5.36. The van der Waals surface area contributed by atoms with Crippen LogP contribution in [0.25, 0.3) is 0 Å². The summed E-state index contributed by atoms with van der Waals surface area (Å²) >= 11 is 0. The molecule has 142 valence electrons. The third-order valence-electron chi connectivity index (χ3n) is 3.25. The van der Waals surface area contributed by atoms with Gasteiger partial charge >= 0.3 is 6.09 Å². The second-order valence-electron chi connectivity index (χ2n) is 6.49. The Morgan fingerprint density at radius 1 is 1.28 bits per heavy atom. The SMILES string of the molecule is CCN(CCNC(N)=NCCc1ccccc1)C(=O)OC(C)(C)C.I. The van der Waals surface area contributed by atoms with Gasteiger partial charge in [0.05, 0.1) is 0 Å². The van der Waals surface area contributed by atoms with E-state index in [0.29, 0.717) is 32.1 Å². The zero-order valence-corrected chi connectivity index (χ0v) is 17.9. The molecule has 0 saturated carbocycles. The van der Waals surface area contributed by atoms with Gasteiger partial charge in [-0.2, -0.15) is 0 Å². The quantitative estimate of drug-likeness (QED) is 0.371. The molecule has 25 heavy (non-hydrogen) atoms. The number of rotatable bonds is 7. The van der Waals surface area contributed by atoms with Gasteiger partial charge < -0.3 is 20.7 Å². The number of carbonyl (C=O) groups is 1. The maximum absolute atomic E-state index is 12.0. The molecule has 6 nitrogen and oxygen atoms in total. The number of ether oxygens (including phenoxy) is 1. The molecule has 0 radical (unpaired) electrons. The standard InChI is InChI=1S/C18H30N4O2.HI/c1-5-22(17(23)24-18(2,3)4)14-13-21-16(19)20-12-11-15-9-7-6-8-10-15;/h6-10H,5,11-14H2,1-4H3,(H3,19,20,21);1H. The molecule has 0 aliphatic heterocycles. The Balaban J connectivity index is 0.00000576. The normalized spacial score (nSPS) is 11.4. The minimum absolute atomic E-state index is 0. The zero-order valence-electron chi connectivity index (χ0n) is 15.6. The van der Waals surface area contributed by atoms with Crippen molar-refractivity contribution >= 4 is 36.0 Å². The van der Waals surface area contributed by atoms with Gasteiger partial charge in [0.2, 0.25) is 0 Å². The average molecular weight is 462 g/mol. The number of benzene rings is 1. The predicted molar refractivity (Wildman–Crippen MR) is 114 cm³/mol. The first-order valence-electron chi connectivity index (χ1n) is 8.37. The number of guanidine groups is 1. The van der Waals surface area contributed by atoms with Crippen molar-refractivity contribution in [1.82, 2.24) is 10.2 Å². The Kier molecular flexibility index (Phi) is 11.2. The molecule has 0 unspecified atom stereocenters. The fraction of sp³-hybridized carbons (Fsp3) is 0.556. The number of hydrogen-bond acceptors (Lipinski definition) is 3. The molecule has 0 aromatic heterocycles. The summed E-state index contributed by atoms with van der Waals surface area (Å²) in [5, 5.41) is 3.03. The van der Waals surface area contributed by atoms with Crippen LogP contribution in [-0.4, -0.2) is 48.7 Å². The van der Waals surface area contributed by atoms with Gasteiger partial charge in [-0.15, -0.1) is 24.0 Å². The minimum Gasteiger partial charge on any atom is -0.444 e. The third kappa shape index (κ3) is 10.9. The third-order valence-corrected chi connectivity index (χ3v) is 3.25. The topological polar surface area (TPSA) is 80.0 Å². The Hall–Kier alpha value is -1.51. The van der Waals surface area contributed by atoms with E-state index in [4.69, 9.17) is 10.5 Å². The van der Waals surface area contributed by atoms with Gasteiger partial charge in [-0.25, -0.2) is 4.79 Å². The number of likely N-dealkylation sites (N-methyl/N-ethyl adjacent to an activating group) is 1. The second-order valence-corrected chi connectivity index (χ2v) is 6.49. The van der Waals surface area contributed by atoms with Crippen LogP contribution in [0.3, 0.4) is 0 Å². The average Bonchev–Trinajstić information content (AvgIpc) is 2.51. The number of aliphatic imine (C=N–C) groups is 1. The first-order chi connectivity index (χ1) is 11.3. The van der Waals surface area contributed by atoms with Crippen LogP contribution >= 0.6 is 24.0 Å². The van der Waals surface area contributed by atoms with Crippen LogP contribution in [0, 0.1) is 0 Å². The molecule has 0 bridgehead atoms. The van der Waals surface area contributed by atoms with Crippen LogP contribution < -0.4 is 11.1 Å². The van der Waals surface area contributed by atoms with Gasteiger partial charge in [0.15, 0.2) is 5.96 Å². The summed E-state index contributed by atoms with van der Waals surface area (Å²) in [4.78, 5) is 17.9. The van der Waals surface area contributed by atoms with Gasteiger partial charge in [-0.1, -0.05) is 30.3 Å². The minimum atomic E-state index is -0.490. The maximum Gasteiger partial charge on any atom is 0.410 e. The lowest BCUT2D eigenvalue weighted by Gasteiger charge is -2.26. The number of carbonyl (C=O) groups excluding carboxylic acids is 1. The smallest absolute Gasteiger partial charge is 0.410 e. The Labute approximate surface area is 168 Å². The molecular formula is C18H31IN4O2. The number of nitrogens with one attached hydrogen (secondary N) is 1. The van der Waals surface area contributed by atoms with Crippen LogP contribution in [0.1, 0.15) is 33.3 Å². The highest BCUT2D eigenvalue weighted by Gasteiger charge is 2.20. The molecule has 7 heteroatoms. The summed E-state index contributed by atoms with van der Waals surface area (Å²) in [7, 11) is 0. The number of amides is 1. The first-order valence-corrected chi connectivity index (χ1v) is 8.37. The van der Waals surface area contributed by atoms with E-state index in [1.165, 1.54) is 5.56 Å². The Bertz CT molecular complexity index is 530. The molecule has 0 atom stereocenters. The first kappa shape index (κ1) is 23.5. The van der Waals surface area contributed by atoms with Crippen LogP contribution in [0.5, 0.6) is 0 Å². The highest BCUT2D eigenvalue weighted by Crippen LogP contribution is 2.09. The van der Waals surface area contributed by atoms with Gasteiger partial charge in [0, 0.05) is 26.2 Å². The zero-order chi connectivity index (χ0) is 18.0. The molecule has 0 heterocycles. The molecule has 0 spiro atoms. The molecule has 3 N–H and O–H groups in total. The number of hydrogen-bond donors (Lipinski definition) is 2. The molecule has 1 amide bonds. The monoisotopic (exact) mass is 462 g/mol. The van der Waals surface area contributed by atoms with Crippen LogP contribution in [-0.2, 0) is 11.2 Å². The fourth-order valence-corrected chi connectivity index (χ4v) is 2.03. The lowest BCUT2D eigenvalue weighted by Crippen LogP contribution is -2.42. The van der Waals surface area contributed by atoms with E-state index in [1.807, 2.05) is 45.9 Å². The van der Waals surface area contributed by atoms with Crippen molar-refractivity contribution in [1.29, 1.82) is 0 Å². The number of halogens is 1. The van der Waals surface area contributed by atoms with Crippen molar-refractivity contribution in [2.24, 2.45) is 10.7 Å². The van der Waals surface area contributed by atoms with E-state index < -0.39 is 5.60 Å². The summed E-state index contributed by atoms with van der Waals surface area (Å²) in [6.07, 6.45) is 0.536. The molecule has 1 aromatic rings. The van der Waals surface area contributed by atoms with E-state index >= 15 is 0 Å². The molecule has 0 fully saturated rings. The Morgan fingerprint density at radius 3 is 2.48 bits per heavy atom. The molecule has 0 saturated heterocycles. The van der Waals surface area contributed by atoms with Gasteiger partial charge in [-0.3, -0.25) is 4.99 Å². The van der Waals surface area contributed by atoms with Gasteiger partial charge in [-0.05, 0) is 39.7 Å². The fourth-order valence-electron chi connectivity index (χ4n) is 2.03. The second kappa shape index (κ2) is 11.9. The summed E-state index contributed by atoms with van der Waals surface area (Å²) in [5.41, 5.74) is 6.59. The molecule has 0 aliphatic rings. The van der Waals surface area contributed by atoms with Gasteiger partial charge in [0.1, 0.15) is 5.60 Å². The van der Waals surface area contributed by atoms with E-state index in [0.717, 1.165) is 6.42 Å². The lowest BCUT2D eigenvalue weighted by molar-refractivity contribution is 0.0264. The molecular weight excluding hydrogens is 431 g/mol. The number of nitrogens with two attached hydrogens (primary N) is 1. The van der Waals surface area contributed by atoms with E-state index in [2.05, 4.69) is 22.4 Å². The summed E-state index contributed by atoms with van der Waals surface area (Å²) in [5.74, 6) is 0.395. The van der Waals surface area contributed by atoms with Crippen molar-refractivity contribution in [3.63, 3.8) is 0 Å². The van der Waals surface area contributed by atoms with Crippen molar-refractivity contribution in [2.45, 2.75) is 39.7 Å². The summed E-state index contributed by atoms with van der Waals surface area (Å²) in [6.45, 7) is 9.75. The lowest BCUT2D eigenvalue weighted by atomic mass is 10.2. The van der Waals surface area contributed by atoms with Crippen LogP contribution in [0.2, 0.25) is 0 Å². The van der Waals surface area contributed by atoms with E-state index in [9.17, 15) is 4.79 Å². The van der Waals surface area contributed by atoms with E-state index in [-0.39, 0.29) is 30.1 Å². The van der Waals surface area contributed by atoms with Crippen molar-refractivity contribution in [3.8, 4) is 0 Å². The van der Waals surface area contributed by atoms with Crippen molar-refractivity contribution in [3.05, 3.63) is 35.9 Å². The van der Waals surface area contributed by atoms with E-state index in [1.54, 1.807) is 4.90 Å². The predicted octanol–water partition coefficient (Wildman–Crippen LogP) is 3.01.